The minimum Gasteiger partial charge on any atom is -0.494 e. The van der Waals surface area contributed by atoms with Crippen LogP contribution in [-0.2, 0) is 17.9 Å². The van der Waals surface area contributed by atoms with E-state index in [1.807, 2.05) is 56.9 Å². The second kappa shape index (κ2) is 10.3. The number of nitrogens with one attached hydrogen (secondary N) is 1. The van der Waals surface area contributed by atoms with Crippen LogP contribution >= 0.6 is 12.2 Å². The molecular weight excluding hydrogens is 410 g/mol. The van der Waals surface area contributed by atoms with E-state index < -0.39 is 0 Å². The number of rotatable bonds is 9. The van der Waals surface area contributed by atoms with E-state index in [1.165, 1.54) is 0 Å². The van der Waals surface area contributed by atoms with Crippen molar-refractivity contribution in [3.8, 4) is 17.1 Å². The topological polar surface area (TPSA) is 66.4 Å². The van der Waals surface area contributed by atoms with E-state index in [0.717, 1.165) is 22.6 Å². The SMILES string of the molecule is CCOc1ccc(-c2n[nH]c(=S)n2CCC(=O)N(C)Cc2ccc(N(C)C)cc2)cc1. The Balaban J connectivity index is 1.63. The molecule has 0 aliphatic rings. The Morgan fingerprint density at radius 3 is 2.39 bits per heavy atom. The predicted molar refractivity (Wildman–Crippen MR) is 126 cm³/mol. The number of hydrogen-bond acceptors (Lipinski definition) is 5. The smallest absolute Gasteiger partial charge is 0.224 e. The van der Waals surface area contributed by atoms with Crippen molar-refractivity contribution in [1.29, 1.82) is 0 Å². The molecule has 3 aromatic rings. The summed E-state index contributed by atoms with van der Waals surface area (Å²) in [7, 11) is 5.84. The molecule has 0 aliphatic carbocycles. The highest BCUT2D eigenvalue weighted by molar-refractivity contribution is 7.71. The maximum Gasteiger partial charge on any atom is 0.224 e. The quantitative estimate of drug-likeness (QED) is 0.508. The highest BCUT2D eigenvalue weighted by Gasteiger charge is 2.14. The number of aromatic amines is 1. The first kappa shape index (κ1) is 22.6. The summed E-state index contributed by atoms with van der Waals surface area (Å²) in [4.78, 5) is 16.5. The normalized spacial score (nSPS) is 10.7. The Hall–Kier alpha value is -3.13. The molecule has 31 heavy (non-hydrogen) atoms. The summed E-state index contributed by atoms with van der Waals surface area (Å²) in [6.45, 7) is 3.59. The molecule has 0 saturated carbocycles. The molecule has 8 heteroatoms. The lowest BCUT2D eigenvalue weighted by molar-refractivity contribution is -0.130. The summed E-state index contributed by atoms with van der Waals surface area (Å²) in [5, 5.41) is 7.19. The van der Waals surface area contributed by atoms with Crippen molar-refractivity contribution in [3.63, 3.8) is 0 Å². The highest BCUT2D eigenvalue weighted by Crippen LogP contribution is 2.21. The van der Waals surface area contributed by atoms with E-state index >= 15 is 0 Å². The molecule has 1 heterocycles. The van der Waals surface area contributed by atoms with Gasteiger partial charge in [-0.05, 0) is 61.1 Å². The minimum atomic E-state index is 0.0532. The minimum absolute atomic E-state index is 0.0532. The van der Waals surface area contributed by atoms with Gasteiger partial charge in [0.2, 0.25) is 5.91 Å². The Morgan fingerprint density at radius 1 is 1.10 bits per heavy atom. The van der Waals surface area contributed by atoms with Crippen LogP contribution in [0.1, 0.15) is 18.9 Å². The molecule has 1 N–H and O–H groups in total. The van der Waals surface area contributed by atoms with Crippen LogP contribution in [0.3, 0.4) is 0 Å². The Bertz CT molecular complexity index is 1050. The molecule has 2 aromatic carbocycles. The van der Waals surface area contributed by atoms with Gasteiger partial charge in [0, 0.05) is 51.9 Å². The van der Waals surface area contributed by atoms with E-state index in [0.29, 0.717) is 36.7 Å². The number of aromatic nitrogens is 3. The molecular formula is C23H29N5O2S. The standard InChI is InChI=1S/C23H29N5O2S/c1-5-30-20-12-8-18(9-13-20)22-24-25-23(31)28(22)15-14-21(29)27(4)16-17-6-10-19(11-7-17)26(2)3/h6-13H,5,14-16H2,1-4H3,(H,25,31). The van der Waals surface area contributed by atoms with Crippen molar-refractivity contribution in [1.82, 2.24) is 19.7 Å². The first-order valence-electron chi connectivity index (χ1n) is 10.3. The van der Waals surface area contributed by atoms with Crippen LogP contribution in [0.4, 0.5) is 5.69 Å². The summed E-state index contributed by atoms with van der Waals surface area (Å²) < 4.78 is 7.86. The number of H-pyrrole nitrogens is 1. The van der Waals surface area contributed by atoms with Gasteiger partial charge in [-0.2, -0.15) is 5.10 Å². The van der Waals surface area contributed by atoms with Crippen LogP contribution in [0.2, 0.25) is 0 Å². The average molecular weight is 440 g/mol. The molecule has 0 aliphatic heterocycles. The third-order valence-electron chi connectivity index (χ3n) is 5.03. The van der Waals surface area contributed by atoms with Gasteiger partial charge in [-0.1, -0.05) is 12.1 Å². The van der Waals surface area contributed by atoms with Crippen LogP contribution in [0.25, 0.3) is 11.4 Å². The molecule has 0 unspecified atom stereocenters. The van der Waals surface area contributed by atoms with Crippen LogP contribution in [0.15, 0.2) is 48.5 Å². The lowest BCUT2D eigenvalue weighted by Crippen LogP contribution is -2.27. The number of amides is 1. The summed E-state index contributed by atoms with van der Waals surface area (Å²) in [6.07, 6.45) is 0.337. The third-order valence-corrected chi connectivity index (χ3v) is 5.34. The number of benzene rings is 2. The lowest BCUT2D eigenvalue weighted by atomic mass is 10.2. The van der Waals surface area contributed by atoms with Gasteiger partial charge in [0.25, 0.3) is 0 Å². The fraction of sp³-hybridized carbons (Fsp3) is 0.348. The van der Waals surface area contributed by atoms with Crippen molar-refractivity contribution >= 4 is 23.8 Å². The molecule has 0 fully saturated rings. The van der Waals surface area contributed by atoms with Gasteiger partial charge in [-0.3, -0.25) is 14.5 Å². The molecule has 0 radical (unpaired) electrons. The number of anilines is 1. The predicted octanol–water partition coefficient (Wildman–Crippen LogP) is 4.12. The van der Waals surface area contributed by atoms with Crippen molar-refractivity contribution in [2.45, 2.75) is 26.4 Å². The van der Waals surface area contributed by atoms with Gasteiger partial charge >= 0.3 is 0 Å². The lowest BCUT2D eigenvalue weighted by Gasteiger charge is -2.19. The molecule has 1 amide bonds. The number of hydrogen-bond donors (Lipinski definition) is 1. The molecule has 0 atom stereocenters. The first-order valence-corrected chi connectivity index (χ1v) is 10.7. The number of carbonyl (C=O) groups excluding carboxylic acids is 1. The van der Waals surface area contributed by atoms with Crippen molar-refractivity contribution in [2.24, 2.45) is 0 Å². The van der Waals surface area contributed by atoms with Gasteiger partial charge < -0.3 is 14.5 Å². The van der Waals surface area contributed by atoms with Crippen LogP contribution in [-0.4, -0.2) is 53.3 Å². The van der Waals surface area contributed by atoms with E-state index in [2.05, 4.69) is 39.4 Å². The summed E-state index contributed by atoms with van der Waals surface area (Å²) in [5.74, 6) is 1.57. The maximum absolute atomic E-state index is 12.7. The molecule has 7 nitrogen and oxygen atoms in total. The fourth-order valence-electron chi connectivity index (χ4n) is 3.27. The number of nitrogens with zero attached hydrogens (tertiary/aromatic N) is 4. The molecule has 0 spiro atoms. The summed E-state index contributed by atoms with van der Waals surface area (Å²) in [5.41, 5.74) is 3.14. The van der Waals surface area contributed by atoms with Crippen molar-refractivity contribution < 1.29 is 9.53 Å². The molecule has 3 rings (SSSR count). The van der Waals surface area contributed by atoms with E-state index in [-0.39, 0.29) is 5.91 Å². The monoisotopic (exact) mass is 439 g/mol. The second-order valence-electron chi connectivity index (χ2n) is 7.52. The zero-order valence-corrected chi connectivity index (χ0v) is 19.3. The van der Waals surface area contributed by atoms with Gasteiger partial charge in [-0.15, -0.1) is 0 Å². The summed E-state index contributed by atoms with van der Waals surface area (Å²) >= 11 is 5.39. The highest BCUT2D eigenvalue weighted by atomic mass is 32.1. The van der Waals surface area contributed by atoms with Crippen molar-refractivity contribution in [2.75, 3.05) is 32.6 Å². The Morgan fingerprint density at radius 2 is 1.77 bits per heavy atom. The Labute approximate surface area is 188 Å². The van der Waals surface area contributed by atoms with Gasteiger partial charge in [-0.25, -0.2) is 0 Å². The van der Waals surface area contributed by atoms with E-state index in [1.54, 1.807) is 4.90 Å². The number of ether oxygens (including phenoxy) is 1. The number of carbonyl (C=O) groups is 1. The molecule has 1 aromatic heterocycles. The summed E-state index contributed by atoms with van der Waals surface area (Å²) in [6, 6.07) is 15.9. The molecule has 164 valence electrons. The first-order chi connectivity index (χ1) is 14.9. The van der Waals surface area contributed by atoms with Gasteiger partial charge in [0.1, 0.15) is 5.75 Å². The Kier molecular flexibility index (Phi) is 7.46. The molecule has 0 bridgehead atoms. The van der Waals surface area contributed by atoms with Gasteiger partial charge in [0.05, 0.1) is 6.61 Å². The van der Waals surface area contributed by atoms with E-state index in [9.17, 15) is 4.79 Å². The molecule has 0 saturated heterocycles. The van der Waals surface area contributed by atoms with Crippen molar-refractivity contribution in [3.05, 3.63) is 58.9 Å². The maximum atomic E-state index is 12.7. The van der Waals surface area contributed by atoms with Gasteiger partial charge in [0.15, 0.2) is 10.6 Å². The van der Waals surface area contributed by atoms with E-state index in [4.69, 9.17) is 17.0 Å². The third kappa shape index (κ3) is 5.73. The van der Waals surface area contributed by atoms with Crippen LogP contribution in [0, 0.1) is 4.77 Å². The zero-order chi connectivity index (χ0) is 22.4. The average Bonchev–Trinajstić information content (AvgIpc) is 3.13. The zero-order valence-electron chi connectivity index (χ0n) is 18.5. The van der Waals surface area contributed by atoms with Crippen LogP contribution < -0.4 is 9.64 Å². The second-order valence-corrected chi connectivity index (χ2v) is 7.91. The fourth-order valence-corrected chi connectivity index (χ4v) is 3.50. The largest absolute Gasteiger partial charge is 0.494 e. The van der Waals surface area contributed by atoms with Crippen LogP contribution in [0.5, 0.6) is 5.75 Å².